The largest absolute Gasteiger partial charge is 0.471 e. The zero-order chi connectivity index (χ0) is 13.1. The average Bonchev–Trinajstić information content (AvgIpc) is 2.24. The molecule has 2 N–H and O–H groups in total. The molecule has 1 aliphatic heterocycles. The molecule has 0 aromatic heterocycles. The van der Waals surface area contributed by atoms with Gasteiger partial charge in [0, 0.05) is 13.1 Å². The molecule has 0 bridgehead atoms. The van der Waals surface area contributed by atoms with Gasteiger partial charge in [-0.25, -0.2) is 4.79 Å². The second kappa shape index (κ2) is 5.24. The molecule has 0 aromatic carbocycles. The number of rotatable bonds is 2. The number of likely N-dealkylation sites (tertiary alicyclic amines) is 1. The summed E-state index contributed by atoms with van der Waals surface area (Å²) in [6.07, 6.45) is -4.20. The van der Waals surface area contributed by atoms with Crippen molar-refractivity contribution in [3.63, 3.8) is 0 Å². The van der Waals surface area contributed by atoms with Crippen molar-refractivity contribution in [1.29, 1.82) is 0 Å². The summed E-state index contributed by atoms with van der Waals surface area (Å²) >= 11 is 0. The van der Waals surface area contributed by atoms with Gasteiger partial charge in [0.25, 0.3) is 0 Å². The van der Waals surface area contributed by atoms with Crippen molar-refractivity contribution >= 4 is 12.0 Å². The Labute approximate surface area is 95.6 Å². The van der Waals surface area contributed by atoms with Gasteiger partial charge in [-0.2, -0.15) is 13.2 Å². The predicted octanol–water partition coefficient (Wildman–Crippen LogP) is 1.20. The standard InChI is InChI=1S/C9H13F3N2O3/c10-9(11,12)7(15)13-5-6-3-1-2-4-14(6)8(16)17/h6H,1-5H2,(H,13,15)(H,16,17)/t6-/m1/s1. The molecule has 1 aliphatic rings. The third-order valence-corrected chi connectivity index (χ3v) is 2.63. The van der Waals surface area contributed by atoms with E-state index in [1.807, 2.05) is 0 Å². The van der Waals surface area contributed by atoms with Crippen LogP contribution in [0.1, 0.15) is 19.3 Å². The number of hydrogen-bond acceptors (Lipinski definition) is 2. The van der Waals surface area contributed by atoms with Gasteiger partial charge in [0.1, 0.15) is 0 Å². The summed E-state index contributed by atoms with van der Waals surface area (Å²) in [5.74, 6) is -2.03. The van der Waals surface area contributed by atoms with Gasteiger partial charge in [0.2, 0.25) is 0 Å². The minimum atomic E-state index is -4.93. The number of piperidine rings is 1. The molecule has 0 radical (unpaired) electrons. The monoisotopic (exact) mass is 254 g/mol. The van der Waals surface area contributed by atoms with Gasteiger partial charge < -0.3 is 15.3 Å². The summed E-state index contributed by atoms with van der Waals surface area (Å²) in [7, 11) is 0. The first-order valence-electron chi connectivity index (χ1n) is 5.17. The fraction of sp³-hybridized carbons (Fsp3) is 0.778. The molecule has 1 rings (SSSR count). The Morgan fingerprint density at radius 2 is 2.00 bits per heavy atom. The van der Waals surface area contributed by atoms with Gasteiger partial charge in [-0.15, -0.1) is 0 Å². The van der Waals surface area contributed by atoms with Gasteiger partial charge in [-0.1, -0.05) is 0 Å². The van der Waals surface area contributed by atoms with Crippen molar-refractivity contribution in [2.75, 3.05) is 13.1 Å². The summed E-state index contributed by atoms with van der Waals surface area (Å²) in [6.45, 7) is -0.00741. The van der Waals surface area contributed by atoms with Crippen molar-refractivity contribution in [3.05, 3.63) is 0 Å². The molecule has 98 valence electrons. The quantitative estimate of drug-likeness (QED) is 0.777. The Hall–Kier alpha value is -1.47. The first kappa shape index (κ1) is 13.6. The molecule has 2 amide bonds. The molecule has 0 saturated carbocycles. The fourth-order valence-electron chi connectivity index (χ4n) is 1.78. The van der Waals surface area contributed by atoms with E-state index in [0.717, 1.165) is 11.3 Å². The van der Waals surface area contributed by atoms with Gasteiger partial charge in [-0.05, 0) is 19.3 Å². The van der Waals surface area contributed by atoms with E-state index in [1.54, 1.807) is 5.32 Å². The number of nitrogens with one attached hydrogen (secondary N) is 1. The molecule has 1 saturated heterocycles. The predicted molar refractivity (Wildman–Crippen MR) is 51.4 cm³/mol. The van der Waals surface area contributed by atoms with Crippen LogP contribution in [0.15, 0.2) is 0 Å². The third kappa shape index (κ3) is 3.79. The topological polar surface area (TPSA) is 69.6 Å². The number of amides is 2. The molecule has 0 aliphatic carbocycles. The zero-order valence-corrected chi connectivity index (χ0v) is 8.96. The Bertz CT molecular complexity index is 306. The highest BCUT2D eigenvalue weighted by atomic mass is 19.4. The molecule has 1 heterocycles. The molecule has 1 fully saturated rings. The molecular formula is C9H13F3N2O3. The summed E-state index contributed by atoms with van der Waals surface area (Å²) in [6, 6.07) is -0.576. The van der Waals surface area contributed by atoms with Crippen LogP contribution in [0.4, 0.5) is 18.0 Å². The zero-order valence-electron chi connectivity index (χ0n) is 8.96. The lowest BCUT2D eigenvalue weighted by molar-refractivity contribution is -0.173. The van der Waals surface area contributed by atoms with Crippen molar-refractivity contribution in [3.8, 4) is 0 Å². The summed E-state index contributed by atoms with van der Waals surface area (Å²) in [5.41, 5.74) is 0. The molecule has 8 heteroatoms. The van der Waals surface area contributed by atoms with Crippen molar-refractivity contribution in [2.45, 2.75) is 31.5 Å². The lowest BCUT2D eigenvalue weighted by atomic mass is 10.0. The maximum atomic E-state index is 11.9. The summed E-state index contributed by atoms with van der Waals surface area (Å²) in [5, 5.41) is 10.5. The normalized spacial score (nSPS) is 21.1. The molecule has 0 spiro atoms. The summed E-state index contributed by atoms with van der Waals surface area (Å²) < 4.78 is 35.8. The van der Waals surface area contributed by atoms with E-state index in [9.17, 15) is 22.8 Å². The Morgan fingerprint density at radius 3 is 2.53 bits per heavy atom. The Kier molecular flexibility index (Phi) is 4.19. The van der Waals surface area contributed by atoms with Gasteiger partial charge in [-0.3, -0.25) is 4.79 Å². The van der Waals surface area contributed by atoms with Crippen LogP contribution in [-0.2, 0) is 4.79 Å². The smallest absolute Gasteiger partial charge is 0.465 e. The number of carboxylic acid groups (broad SMARTS) is 1. The van der Waals surface area contributed by atoms with E-state index in [-0.39, 0.29) is 6.54 Å². The summed E-state index contributed by atoms with van der Waals surface area (Å²) in [4.78, 5) is 22.4. The second-order valence-corrected chi connectivity index (χ2v) is 3.83. The van der Waals surface area contributed by atoms with Gasteiger partial charge >= 0.3 is 18.2 Å². The van der Waals surface area contributed by atoms with Crippen LogP contribution in [-0.4, -0.2) is 47.3 Å². The first-order chi connectivity index (χ1) is 7.82. The molecule has 0 aromatic rings. The Morgan fingerprint density at radius 1 is 1.35 bits per heavy atom. The van der Waals surface area contributed by atoms with Gasteiger partial charge in [0.05, 0.1) is 6.04 Å². The number of alkyl halides is 3. The molecular weight excluding hydrogens is 241 g/mol. The fourth-order valence-corrected chi connectivity index (χ4v) is 1.78. The van der Waals surface area contributed by atoms with Gasteiger partial charge in [0.15, 0.2) is 0 Å². The highest BCUT2D eigenvalue weighted by Crippen LogP contribution is 2.18. The van der Waals surface area contributed by atoms with Crippen molar-refractivity contribution in [1.82, 2.24) is 10.2 Å². The van der Waals surface area contributed by atoms with E-state index in [1.165, 1.54) is 0 Å². The molecule has 1 atom stereocenters. The van der Waals surface area contributed by atoms with Crippen LogP contribution in [0.25, 0.3) is 0 Å². The SMILES string of the molecule is O=C(O)N1CCCC[C@@H]1CNC(=O)C(F)(F)F. The minimum absolute atomic E-state index is 0.294. The van der Waals surface area contributed by atoms with Crippen molar-refractivity contribution in [2.24, 2.45) is 0 Å². The van der Waals surface area contributed by atoms with Crippen LogP contribution >= 0.6 is 0 Å². The van der Waals surface area contributed by atoms with E-state index < -0.39 is 24.2 Å². The van der Waals surface area contributed by atoms with Crippen LogP contribution < -0.4 is 5.32 Å². The Balaban J connectivity index is 2.49. The third-order valence-electron chi connectivity index (χ3n) is 2.63. The second-order valence-electron chi connectivity index (χ2n) is 3.83. The van der Waals surface area contributed by atoms with Crippen LogP contribution in [0.5, 0.6) is 0 Å². The van der Waals surface area contributed by atoms with E-state index >= 15 is 0 Å². The van der Waals surface area contributed by atoms with Crippen molar-refractivity contribution < 1.29 is 27.9 Å². The molecule has 17 heavy (non-hydrogen) atoms. The minimum Gasteiger partial charge on any atom is -0.465 e. The molecule has 0 unspecified atom stereocenters. The van der Waals surface area contributed by atoms with Crippen LogP contribution in [0.3, 0.4) is 0 Å². The molecule has 5 nitrogen and oxygen atoms in total. The van der Waals surface area contributed by atoms with E-state index in [2.05, 4.69) is 0 Å². The lowest BCUT2D eigenvalue weighted by Crippen LogP contribution is -2.50. The number of hydrogen-bond donors (Lipinski definition) is 2. The van der Waals surface area contributed by atoms with E-state index in [4.69, 9.17) is 5.11 Å². The highest BCUT2D eigenvalue weighted by molar-refractivity contribution is 5.81. The number of halogens is 3. The lowest BCUT2D eigenvalue weighted by Gasteiger charge is -2.33. The number of carbonyl (C=O) groups excluding carboxylic acids is 1. The van der Waals surface area contributed by atoms with Crippen LogP contribution in [0.2, 0.25) is 0 Å². The average molecular weight is 254 g/mol. The number of carbonyl (C=O) groups is 2. The van der Waals surface area contributed by atoms with Crippen LogP contribution in [0, 0.1) is 0 Å². The highest BCUT2D eigenvalue weighted by Gasteiger charge is 2.39. The number of nitrogens with zero attached hydrogens (tertiary/aromatic N) is 1. The van der Waals surface area contributed by atoms with E-state index in [0.29, 0.717) is 19.4 Å². The first-order valence-corrected chi connectivity index (χ1v) is 5.17. The maximum Gasteiger partial charge on any atom is 0.471 e. The maximum absolute atomic E-state index is 11.9.